The minimum absolute atomic E-state index is 0.153. The fourth-order valence-electron chi connectivity index (χ4n) is 2.48. The Bertz CT molecular complexity index is 602. The van der Waals surface area contributed by atoms with Crippen LogP contribution < -0.4 is 4.46 Å². The topological polar surface area (TPSA) is 61.6 Å². The average molecular weight is 461 g/mol. The summed E-state index contributed by atoms with van der Waals surface area (Å²) in [5.41, 5.74) is 0.153. The summed E-state index contributed by atoms with van der Waals surface area (Å²) in [6.07, 6.45) is 1.99. The third kappa shape index (κ3) is 8.04. The number of hydrogen-bond acceptors (Lipinski definition) is 4. The third-order valence-corrected chi connectivity index (χ3v) is 11.7. The van der Waals surface area contributed by atoms with Crippen molar-refractivity contribution in [2.45, 2.75) is 65.6 Å². The SMILES string of the molecule is CC(C)[C@@H](CCO[Se]c1ccccc1[N+](=O)[O-])CCO[Si](C)(C)C(C)(C)C. The van der Waals surface area contributed by atoms with Crippen molar-refractivity contribution < 1.29 is 13.2 Å². The number of nitro benzene ring substituents is 1. The van der Waals surface area contributed by atoms with Crippen LogP contribution in [0.15, 0.2) is 24.3 Å². The van der Waals surface area contributed by atoms with E-state index in [1.165, 1.54) is 6.07 Å². The Morgan fingerprint density at radius 3 is 2.30 bits per heavy atom. The van der Waals surface area contributed by atoms with Gasteiger partial charge in [-0.3, -0.25) is 0 Å². The second-order valence-corrected chi connectivity index (χ2v) is 15.4. The molecule has 0 N–H and O–H groups in total. The van der Waals surface area contributed by atoms with E-state index in [1.54, 1.807) is 12.1 Å². The van der Waals surface area contributed by atoms with Gasteiger partial charge in [-0.1, -0.05) is 0 Å². The Labute approximate surface area is 172 Å². The molecule has 7 heteroatoms. The van der Waals surface area contributed by atoms with Gasteiger partial charge in [-0.15, -0.1) is 0 Å². The van der Waals surface area contributed by atoms with E-state index < -0.39 is 8.32 Å². The number of nitrogens with zero attached hydrogens (tertiary/aromatic N) is 1. The Morgan fingerprint density at radius 2 is 1.74 bits per heavy atom. The molecular formula is C20H35NO4SeSi. The van der Waals surface area contributed by atoms with Crippen molar-refractivity contribution in [1.29, 1.82) is 0 Å². The molecule has 0 bridgehead atoms. The van der Waals surface area contributed by atoms with E-state index in [0.717, 1.165) is 19.4 Å². The van der Waals surface area contributed by atoms with Gasteiger partial charge < -0.3 is 0 Å². The standard InChI is InChI=1S/C20H35NO4SeSi/c1-16(2)17(13-15-25-27(6,7)20(3,4)5)12-14-24-26-19-11-9-8-10-18(19)21(22)23/h8-11,16-17H,12-15H2,1-7H3/t17-/m0/s1. The molecule has 0 spiro atoms. The molecule has 5 nitrogen and oxygen atoms in total. The second kappa shape index (κ2) is 10.7. The third-order valence-electron chi connectivity index (χ3n) is 5.48. The molecule has 0 aliphatic heterocycles. The van der Waals surface area contributed by atoms with Gasteiger partial charge in [0.15, 0.2) is 0 Å². The fraction of sp³-hybridized carbons (Fsp3) is 0.700. The second-order valence-electron chi connectivity index (χ2n) is 8.82. The summed E-state index contributed by atoms with van der Waals surface area (Å²) in [4.78, 5) is 10.7. The first-order chi connectivity index (χ1) is 12.5. The van der Waals surface area contributed by atoms with Crippen LogP contribution in [0.5, 0.6) is 0 Å². The van der Waals surface area contributed by atoms with Crippen molar-refractivity contribution in [3.05, 3.63) is 34.4 Å². The molecule has 1 rings (SSSR count). The van der Waals surface area contributed by atoms with Gasteiger partial charge in [-0.25, -0.2) is 0 Å². The van der Waals surface area contributed by atoms with Crippen molar-refractivity contribution in [3.8, 4) is 0 Å². The average Bonchev–Trinajstić information content (AvgIpc) is 2.55. The number of nitro groups is 1. The predicted octanol–water partition coefficient (Wildman–Crippen LogP) is 4.93. The number of hydrogen-bond donors (Lipinski definition) is 0. The van der Waals surface area contributed by atoms with E-state index in [-0.39, 0.29) is 30.9 Å². The zero-order chi connectivity index (χ0) is 20.7. The first-order valence-corrected chi connectivity index (χ1v) is 14.1. The molecule has 0 saturated carbocycles. The van der Waals surface area contributed by atoms with E-state index in [1.807, 2.05) is 6.07 Å². The first kappa shape index (κ1) is 24.3. The summed E-state index contributed by atoms with van der Waals surface area (Å²) in [5.74, 6) is 1.10. The normalized spacial score (nSPS) is 13.8. The van der Waals surface area contributed by atoms with Gasteiger partial charge in [-0.2, -0.15) is 0 Å². The first-order valence-electron chi connectivity index (χ1n) is 9.62. The summed E-state index contributed by atoms with van der Waals surface area (Å²) >= 11 is -0.331. The summed E-state index contributed by atoms with van der Waals surface area (Å²) in [6.45, 7) is 17.3. The quantitative estimate of drug-likeness (QED) is 0.203. The monoisotopic (exact) mass is 461 g/mol. The fourth-order valence-corrected chi connectivity index (χ4v) is 4.94. The molecule has 1 aromatic rings. The van der Waals surface area contributed by atoms with E-state index in [9.17, 15) is 10.1 Å². The van der Waals surface area contributed by atoms with Gasteiger partial charge in [0.05, 0.1) is 0 Å². The van der Waals surface area contributed by atoms with Crippen molar-refractivity contribution in [3.63, 3.8) is 0 Å². The maximum absolute atomic E-state index is 11.1. The molecule has 0 saturated heterocycles. The Balaban J connectivity index is 2.45. The van der Waals surface area contributed by atoms with E-state index in [2.05, 4.69) is 47.7 Å². The molecule has 0 heterocycles. The molecule has 154 valence electrons. The molecule has 0 unspecified atom stereocenters. The summed E-state index contributed by atoms with van der Waals surface area (Å²) in [7, 11) is -1.70. The molecule has 27 heavy (non-hydrogen) atoms. The minimum atomic E-state index is -1.70. The van der Waals surface area contributed by atoms with Crippen LogP contribution in [0.25, 0.3) is 0 Å². The van der Waals surface area contributed by atoms with Gasteiger partial charge in [0.1, 0.15) is 0 Å². The molecule has 0 fully saturated rings. The number of benzene rings is 1. The Kier molecular flexibility index (Phi) is 9.65. The molecule has 1 atom stereocenters. The van der Waals surface area contributed by atoms with Crippen LogP contribution in [-0.4, -0.2) is 41.7 Å². The van der Waals surface area contributed by atoms with Crippen LogP contribution in [0.2, 0.25) is 18.1 Å². The molecule has 0 aliphatic carbocycles. The molecule has 0 amide bonds. The molecule has 1 aromatic carbocycles. The van der Waals surface area contributed by atoms with Crippen molar-refractivity contribution in [2.75, 3.05) is 13.2 Å². The van der Waals surface area contributed by atoms with Gasteiger partial charge >= 0.3 is 172 Å². The van der Waals surface area contributed by atoms with Gasteiger partial charge in [-0.05, 0) is 0 Å². The molecule has 0 aliphatic rings. The zero-order valence-corrected chi connectivity index (χ0v) is 20.5. The summed E-state index contributed by atoms with van der Waals surface area (Å²) in [5, 5.41) is 11.3. The molecule has 0 aromatic heterocycles. The summed E-state index contributed by atoms with van der Waals surface area (Å²) < 4.78 is 12.8. The Hall–Kier alpha value is -0.724. The van der Waals surface area contributed by atoms with E-state index >= 15 is 0 Å². The molecule has 0 radical (unpaired) electrons. The molecular weight excluding hydrogens is 425 g/mol. The predicted molar refractivity (Wildman–Crippen MR) is 115 cm³/mol. The van der Waals surface area contributed by atoms with Crippen LogP contribution in [0, 0.1) is 22.0 Å². The van der Waals surface area contributed by atoms with Crippen LogP contribution in [0.4, 0.5) is 5.69 Å². The van der Waals surface area contributed by atoms with Crippen molar-refractivity contribution >= 4 is 33.8 Å². The van der Waals surface area contributed by atoms with Gasteiger partial charge in [0, 0.05) is 0 Å². The van der Waals surface area contributed by atoms with Gasteiger partial charge in [0.2, 0.25) is 0 Å². The Morgan fingerprint density at radius 1 is 1.15 bits per heavy atom. The van der Waals surface area contributed by atoms with E-state index in [4.69, 9.17) is 8.25 Å². The van der Waals surface area contributed by atoms with Crippen LogP contribution in [-0.2, 0) is 8.25 Å². The summed E-state index contributed by atoms with van der Waals surface area (Å²) in [6, 6.07) is 6.83. The maximum atomic E-state index is 11.1. The zero-order valence-electron chi connectivity index (χ0n) is 17.8. The van der Waals surface area contributed by atoms with Crippen LogP contribution >= 0.6 is 0 Å². The van der Waals surface area contributed by atoms with E-state index in [0.29, 0.717) is 22.9 Å². The number of para-hydroxylation sites is 1. The van der Waals surface area contributed by atoms with Crippen molar-refractivity contribution in [1.82, 2.24) is 0 Å². The van der Waals surface area contributed by atoms with Crippen LogP contribution in [0.1, 0.15) is 47.5 Å². The van der Waals surface area contributed by atoms with Crippen molar-refractivity contribution in [2.24, 2.45) is 11.8 Å². The number of rotatable bonds is 11. The van der Waals surface area contributed by atoms with Crippen LogP contribution in [0.3, 0.4) is 0 Å². The van der Waals surface area contributed by atoms with Gasteiger partial charge in [0.25, 0.3) is 0 Å².